The molecule has 0 atom stereocenters. The van der Waals surface area contributed by atoms with Gasteiger partial charge in [0.25, 0.3) is 0 Å². The molecule has 2 aliphatic rings. The van der Waals surface area contributed by atoms with Crippen molar-refractivity contribution >= 4 is 23.4 Å². The minimum Gasteiger partial charge on any atom is -0.369 e. The quantitative estimate of drug-likeness (QED) is 0.744. The highest BCUT2D eigenvalue weighted by Crippen LogP contribution is 2.18. The second-order valence-corrected chi connectivity index (χ2v) is 7.10. The van der Waals surface area contributed by atoms with E-state index < -0.39 is 0 Å². The average Bonchev–Trinajstić information content (AvgIpc) is 2.98. The first-order chi connectivity index (χ1) is 11.2. The summed E-state index contributed by atoms with van der Waals surface area (Å²) in [6.45, 7) is 6.10. The lowest BCUT2D eigenvalue weighted by molar-refractivity contribution is -0.126. The van der Waals surface area contributed by atoms with Crippen LogP contribution in [0.5, 0.6) is 0 Å². The van der Waals surface area contributed by atoms with Crippen LogP contribution in [0.15, 0.2) is 24.3 Å². The van der Waals surface area contributed by atoms with Crippen LogP contribution in [-0.4, -0.2) is 66.6 Å². The fraction of sp³-hybridized carbons (Fsp3) is 0.588. The maximum Gasteiger partial charge on any atom is 0.233 e. The number of unbranched alkanes of at least 4 members (excludes halogenated alkanes) is 1. The summed E-state index contributed by atoms with van der Waals surface area (Å²) in [4.78, 5) is 18.3. The first-order valence-corrected chi connectivity index (χ1v) is 9.46. The highest BCUT2D eigenvalue weighted by molar-refractivity contribution is 8.00. The number of carbonyl (C=O) groups excluding carboxylic acids is 1. The predicted molar refractivity (Wildman–Crippen MR) is 93.3 cm³/mol. The van der Waals surface area contributed by atoms with Crippen LogP contribution in [0.3, 0.4) is 0 Å². The molecule has 0 N–H and O–H groups in total. The zero-order valence-electron chi connectivity index (χ0n) is 13.4. The number of piperazine rings is 1. The van der Waals surface area contributed by atoms with Crippen LogP contribution < -0.4 is 4.90 Å². The molecule has 2 heterocycles. The van der Waals surface area contributed by atoms with Crippen molar-refractivity contribution in [2.24, 2.45) is 0 Å². The van der Waals surface area contributed by atoms with Crippen LogP contribution in [0, 0.1) is 5.82 Å². The molecule has 3 rings (SSSR count). The van der Waals surface area contributed by atoms with Gasteiger partial charge in [0, 0.05) is 38.4 Å². The van der Waals surface area contributed by atoms with Gasteiger partial charge in [0.2, 0.25) is 5.91 Å². The summed E-state index contributed by atoms with van der Waals surface area (Å²) in [5, 5.41) is 0. The molecule has 6 heteroatoms. The van der Waals surface area contributed by atoms with E-state index in [0.717, 1.165) is 63.7 Å². The van der Waals surface area contributed by atoms with Gasteiger partial charge in [-0.3, -0.25) is 9.69 Å². The Hall–Kier alpha value is -1.27. The average molecular weight is 337 g/mol. The van der Waals surface area contributed by atoms with Crippen LogP contribution in [0.4, 0.5) is 10.1 Å². The molecule has 1 amide bonds. The number of nitrogens with zero attached hydrogens (tertiary/aromatic N) is 3. The maximum absolute atomic E-state index is 13.0. The summed E-state index contributed by atoms with van der Waals surface area (Å²) in [7, 11) is 0. The third kappa shape index (κ3) is 4.61. The number of rotatable bonds is 6. The smallest absolute Gasteiger partial charge is 0.233 e. The number of anilines is 1. The van der Waals surface area contributed by atoms with Crippen molar-refractivity contribution in [1.29, 1.82) is 0 Å². The Balaban J connectivity index is 1.33. The summed E-state index contributed by atoms with van der Waals surface area (Å²) in [6, 6.07) is 6.77. The molecule has 23 heavy (non-hydrogen) atoms. The number of benzene rings is 1. The molecule has 0 aromatic heterocycles. The molecule has 0 aliphatic carbocycles. The summed E-state index contributed by atoms with van der Waals surface area (Å²) in [5.41, 5.74) is 1.11. The third-order valence-corrected chi connectivity index (χ3v) is 5.49. The van der Waals surface area contributed by atoms with Gasteiger partial charge in [-0.25, -0.2) is 4.39 Å². The Morgan fingerprint density at radius 2 is 1.70 bits per heavy atom. The summed E-state index contributed by atoms with van der Waals surface area (Å²) in [6.07, 6.45) is 2.23. The van der Waals surface area contributed by atoms with Gasteiger partial charge in [0.15, 0.2) is 0 Å². The zero-order valence-corrected chi connectivity index (χ0v) is 14.2. The Morgan fingerprint density at radius 3 is 2.35 bits per heavy atom. The minimum atomic E-state index is -0.178. The van der Waals surface area contributed by atoms with Crippen molar-refractivity contribution in [3.63, 3.8) is 0 Å². The monoisotopic (exact) mass is 337 g/mol. The standard InChI is InChI=1S/C17H24FN3OS/c18-15-3-5-16(6-4-15)20-11-9-19(10-12-20)7-1-2-8-21-14-23-13-17(21)22/h3-6H,1-2,7-14H2. The molecule has 126 valence electrons. The lowest BCUT2D eigenvalue weighted by Gasteiger charge is -2.36. The van der Waals surface area contributed by atoms with Crippen LogP contribution in [0.1, 0.15) is 12.8 Å². The Bertz CT molecular complexity index is 517. The van der Waals surface area contributed by atoms with Gasteiger partial charge in [-0.2, -0.15) is 0 Å². The third-order valence-electron chi connectivity index (χ3n) is 4.54. The first-order valence-electron chi connectivity index (χ1n) is 8.31. The Kier molecular flexibility index (Phi) is 5.78. The van der Waals surface area contributed by atoms with E-state index in [2.05, 4.69) is 9.80 Å². The van der Waals surface area contributed by atoms with E-state index in [4.69, 9.17) is 0 Å². The molecule has 2 aliphatic heterocycles. The van der Waals surface area contributed by atoms with Crippen molar-refractivity contribution in [2.45, 2.75) is 12.8 Å². The molecule has 2 saturated heterocycles. The summed E-state index contributed by atoms with van der Waals surface area (Å²) in [5.74, 6) is 1.64. The molecule has 1 aromatic rings. The van der Waals surface area contributed by atoms with Gasteiger partial charge in [-0.1, -0.05) is 0 Å². The Morgan fingerprint density at radius 1 is 1.00 bits per heavy atom. The number of halogens is 1. The molecule has 2 fully saturated rings. The normalized spacial score (nSPS) is 19.6. The van der Waals surface area contributed by atoms with E-state index in [0.29, 0.717) is 11.7 Å². The van der Waals surface area contributed by atoms with Crippen molar-refractivity contribution in [3.8, 4) is 0 Å². The van der Waals surface area contributed by atoms with Crippen LogP contribution >= 0.6 is 11.8 Å². The molecule has 0 bridgehead atoms. The van der Waals surface area contributed by atoms with Crippen molar-refractivity contribution in [3.05, 3.63) is 30.1 Å². The number of carbonyl (C=O) groups is 1. The maximum atomic E-state index is 13.0. The van der Waals surface area contributed by atoms with Crippen LogP contribution in [0.25, 0.3) is 0 Å². The van der Waals surface area contributed by atoms with E-state index >= 15 is 0 Å². The lowest BCUT2D eigenvalue weighted by atomic mass is 10.2. The summed E-state index contributed by atoms with van der Waals surface area (Å²) >= 11 is 1.71. The molecular weight excluding hydrogens is 313 g/mol. The molecule has 0 unspecified atom stereocenters. The van der Waals surface area contributed by atoms with E-state index in [1.54, 1.807) is 11.8 Å². The van der Waals surface area contributed by atoms with Crippen molar-refractivity contribution in [2.75, 3.05) is 55.8 Å². The zero-order chi connectivity index (χ0) is 16.1. The first kappa shape index (κ1) is 16.6. The molecule has 4 nitrogen and oxygen atoms in total. The number of amides is 1. The minimum absolute atomic E-state index is 0.178. The van der Waals surface area contributed by atoms with Gasteiger partial charge in [0.05, 0.1) is 11.6 Å². The number of hydrogen-bond donors (Lipinski definition) is 0. The van der Waals surface area contributed by atoms with E-state index in [1.165, 1.54) is 12.1 Å². The molecule has 0 saturated carbocycles. The number of hydrogen-bond acceptors (Lipinski definition) is 4. The molecule has 0 radical (unpaired) electrons. The molecular formula is C17H24FN3OS. The second-order valence-electron chi connectivity index (χ2n) is 6.15. The Labute approximate surface area is 141 Å². The second kappa shape index (κ2) is 8.02. The van der Waals surface area contributed by atoms with E-state index in [-0.39, 0.29) is 5.82 Å². The van der Waals surface area contributed by atoms with Crippen LogP contribution in [0.2, 0.25) is 0 Å². The summed E-state index contributed by atoms with van der Waals surface area (Å²) < 4.78 is 13.0. The van der Waals surface area contributed by atoms with Gasteiger partial charge in [-0.05, 0) is 43.7 Å². The largest absolute Gasteiger partial charge is 0.369 e. The SMILES string of the molecule is O=C1CSCN1CCCCN1CCN(c2ccc(F)cc2)CC1. The predicted octanol–water partition coefficient (Wildman–Crippen LogP) is 2.26. The van der Waals surface area contributed by atoms with Gasteiger partial charge in [-0.15, -0.1) is 11.8 Å². The fourth-order valence-corrected chi connectivity index (χ4v) is 4.06. The van der Waals surface area contributed by atoms with Crippen LogP contribution in [-0.2, 0) is 4.79 Å². The number of thioether (sulfide) groups is 1. The lowest BCUT2D eigenvalue weighted by Crippen LogP contribution is -2.46. The van der Waals surface area contributed by atoms with E-state index in [1.807, 2.05) is 17.0 Å². The van der Waals surface area contributed by atoms with E-state index in [9.17, 15) is 9.18 Å². The van der Waals surface area contributed by atoms with Crippen molar-refractivity contribution < 1.29 is 9.18 Å². The topological polar surface area (TPSA) is 26.8 Å². The molecule has 1 aromatic carbocycles. The molecule has 0 spiro atoms. The van der Waals surface area contributed by atoms with Gasteiger partial charge in [0.1, 0.15) is 5.82 Å². The fourth-order valence-electron chi connectivity index (χ4n) is 3.12. The highest BCUT2D eigenvalue weighted by Gasteiger charge is 2.20. The van der Waals surface area contributed by atoms with Gasteiger partial charge >= 0.3 is 0 Å². The van der Waals surface area contributed by atoms with Crippen molar-refractivity contribution in [1.82, 2.24) is 9.80 Å². The highest BCUT2D eigenvalue weighted by atomic mass is 32.2. The van der Waals surface area contributed by atoms with Gasteiger partial charge < -0.3 is 9.80 Å².